The molecule has 0 spiro atoms. The summed E-state index contributed by atoms with van der Waals surface area (Å²) in [6, 6.07) is 15.5. The molecule has 30 heavy (non-hydrogen) atoms. The Labute approximate surface area is 184 Å². The van der Waals surface area contributed by atoms with Crippen molar-refractivity contribution in [2.75, 3.05) is 13.1 Å². The lowest BCUT2D eigenvalue weighted by Gasteiger charge is -2.47. The predicted octanol–water partition coefficient (Wildman–Crippen LogP) is 4.42. The summed E-state index contributed by atoms with van der Waals surface area (Å²) in [5.41, 5.74) is 4.24. The number of amides is 2. The number of benzene rings is 2. The van der Waals surface area contributed by atoms with Crippen molar-refractivity contribution >= 4 is 38.6 Å². The molecule has 0 radical (unpaired) electrons. The van der Waals surface area contributed by atoms with Crippen molar-refractivity contribution < 1.29 is 9.59 Å². The molecule has 2 aromatic carbocycles. The summed E-state index contributed by atoms with van der Waals surface area (Å²) < 4.78 is 0.988. The van der Waals surface area contributed by atoms with Crippen LogP contribution in [0.25, 0.3) is 10.9 Å². The molecule has 1 aromatic heterocycles. The largest absolute Gasteiger partial charge is 0.356 e. The molecular weight excluding hydrogens is 442 g/mol. The number of unbranched alkanes of at least 4 members (excludes halogenated alkanes) is 1. The molecule has 1 fully saturated rings. The normalized spacial score (nSPS) is 21.1. The van der Waals surface area contributed by atoms with Gasteiger partial charge in [0.15, 0.2) is 0 Å². The molecule has 0 bridgehead atoms. The van der Waals surface area contributed by atoms with Gasteiger partial charge in [-0.15, -0.1) is 0 Å². The van der Waals surface area contributed by atoms with Crippen molar-refractivity contribution in [1.82, 2.24) is 14.8 Å². The van der Waals surface area contributed by atoms with E-state index in [0.29, 0.717) is 13.0 Å². The van der Waals surface area contributed by atoms with Crippen molar-refractivity contribution in [2.45, 2.75) is 38.3 Å². The third kappa shape index (κ3) is 3.05. The molecule has 1 N–H and O–H groups in total. The van der Waals surface area contributed by atoms with E-state index in [1.54, 1.807) is 4.90 Å². The average Bonchev–Trinajstić information content (AvgIpc) is 3.13. The summed E-state index contributed by atoms with van der Waals surface area (Å²) in [7, 11) is 0. The molecule has 0 saturated carbocycles. The maximum absolute atomic E-state index is 13.4. The Balaban J connectivity index is 1.66. The van der Waals surface area contributed by atoms with E-state index in [2.05, 4.69) is 40.0 Å². The molecule has 2 amide bonds. The number of rotatable bonds is 4. The maximum Gasteiger partial charge on any atom is 0.246 e. The number of fused-ring (bicyclic) bond motifs is 4. The zero-order valence-electron chi connectivity index (χ0n) is 16.9. The number of H-pyrrole nitrogens is 1. The lowest BCUT2D eigenvalue weighted by atomic mass is 9.86. The summed E-state index contributed by atoms with van der Waals surface area (Å²) in [5, 5.41) is 1.14. The number of piperazine rings is 1. The summed E-state index contributed by atoms with van der Waals surface area (Å²) in [6.07, 6.45) is 2.47. The first-order valence-corrected chi connectivity index (χ1v) is 11.3. The Kier molecular flexibility index (Phi) is 4.89. The quantitative estimate of drug-likeness (QED) is 0.619. The Morgan fingerprint density at radius 2 is 1.87 bits per heavy atom. The number of carbonyl (C=O) groups is 2. The van der Waals surface area contributed by atoms with E-state index >= 15 is 0 Å². The smallest absolute Gasteiger partial charge is 0.246 e. The van der Waals surface area contributed by atoms with E-state index in [-0.39, 0.29) is 24.4 Å². The first-order valence-electron chi connectivity index (χ1n) is 10.5. The van der Waals surface area contributed by atoms with Gasteiger partial charge in [-0.05, 0) is 35.7 Å². The van der Waals surface area contributed by atoms with Crippen molar-refractivity contribution in [3.05, 3.63) is 69.8 Å². The lowest BCUT2D eigenvalue weighted by molar-refractivity contribution is -0.158. The average molecular weight is 466 g/mol. The van der Waals surface area contributed by atoms with E-state index in [1.807, 2.05) is 41.3 Å². The highest BCUT2D eigenvalue weighted by Crippen LogP contribution is 2.42. The number of nitrogens with zero attached hydrogens (tertiary/aromatic N) is 2. The first kappa shape index (κ1) is 19.4. The molecule has 3 heterocycles. The van der Waals surface area contributed by atoms with Crippen LogP contribution in [0.2, 0.25) is 0 Å². The van der Waals surface area contributed by atoms with Gasteiger partial charge in [-0.3, -0.25) is 9.59 Å². The number of carbonyl (C=O) groups excluding carboxylic acids is 2. The van der Waals surface area contributed by atoms with E-state index in [9.17, 15) is 9.59 Å². The molecule has 1 saturated heterocycles. The van der Waals surface area contributed by atoms with Crippen LogP contribution in [0.3, 0.4) is 0 Å². The van der Waals surface area contributed by atoms with Crippen LogP contribution in [0.5, 0.6) is 0 Å². The predicted molar refractivity (Wildman–Crippen MR) is 120 cm³/mol. The Hall–Kier alpha value is -2.60. The number of aromatic nitrogens is 1. The second-order valence-corrected chi connectivity index (χ2v) is 9.07. The highest BCUT2D eigenvalue weighted by molar-refractivity contribution is 9.10. The zero-order chi connectivity index (χ0) is 20.8. The molecule has 6 heteroatoms. The van der Waals surface area contributed by atoms with Gasteiger partial charge in [0.05, 0.1) is 12.6 Å². The van der Waals surface area contributed by atoms with Crippen LogP contribution in [0.4, 0.5) is 0 Å². The molecule has 5 rings (SSSR count). The summed E-state index contributed by atoms with van der Waals surface area (Å²) in [6.45, 7) is 2.91. The number of halogens is 1. The molecule has 154 valence electrons. The van der Waals surface area contributed by atoms with Crippen molar-refractivity contribution in [3.8, 4) is 0 Å². The summed E-state index contributed by atoms with van der Waals surface area (Å²) >= 11 is 3.50. The second kappa shape index (κ2) is 7.58. The van der Waals surface area contributed by atoms with Gasteiger partial charge in [0.2, 0.25) is 11.8 Å². The molecule has 5 nitrogen and oxygen atoms in total. The van der Waals surface area contributed by atoms with Gasteiger partial charge in [-0.2, -0.15) is 0 Å². The monoisotopic (exact) mass is 465 g/mol. The Morgan fingerprint density at radius 1 is 1.10 bits per heavy atom. The van der Waals surface area contributed by atoms with E-state index in [1.165, 1.54) is 0 Å². The van der Waals surface area contributed by atoms with Gasteiger partial charge in [-0.25, -0.2) is 0 Å². The molecule has 2 aliphatic rings. The second-order valence-electron chi connectivity index (χ2n) is 8.15. The van der Waals surface area contributed by atoms with Gasteiger partial charge >= 0.3 is 0 Å². The fraction of sp³-hybridized carbons (Fsp3) is 0.333. The minimum Gasteiger partial charge on any atom is -0.356 e. The number of aromatic amines is 1. The third-order valence-corrected chi connectivity index (χ3v) is 6.84. The first-order chi connectivity index (χ1) is 14.6. The molecule has 3 aromatic rings. The molecule has 0 unspecified atom stereocenters. The van der Waals surface area contributed by atoms with Gasteiger partial charge in [0, 0.05) is 34.0 Å². The number of nitrogens with one attached hydrogen (secondary N) is 1. The van der Waals surface area contributed by atoms with Crippen LogP contribution in [0.15, 0.2) is 53.0 Å². The van der Waals surface area contributed by atoms with Crippen LogP contribution in [-0.2, 0) is 16.0 Å². The van der Waals surface area contributed by atoms with Crippen LogP contribution < -0.4 is 0 Å². The highest BCUT2D eigenvalue weighted by atomic mass is 79.9. The van der Waals surface area contributed by atoms with Gasteiger partial charge in [-0.1, -0.05) is 59.6 Å². The van der Waals surface area contributed by atoms with E-state index in [4.69, 9.17) is 0 Å². The Bertz CT molecular complexity index is 1120. The minimum absolute atomic E-state index is 0.0212. The van der Waals surface area contributed by atoms with Crippen LogP contribution in [-0.4, -0.2) is 45.7 Å². The van der Waals surface area contributed by atoms with Crippen molar-refractivity contribution in [1.29, 1.82) is 0 Å². The van der Waals surface area contributed by atoms with Crippen LogP contribution >= 0.6 is 15.9 Å². The number of para-hydroxylation sites is 1. The summed E-state index contributed by atoms with van der Waals surface area (Å²) in [5.74, 6) is 0.0917. The molecule has 0 aliphatic carbocycles. The standard InChI is InChI=1S/C24H24BrN3O2/c1-2-3-12-27-14-21(29)28-20(24(27)30)13-18-17-6-4-5-7-19(17)26-22(18)23(28)15-8-10-16(25)11-9-15/h4-11,20,23,26H,2-3,12-14H2,1H3/t20-,23-/m1/s1. The van der Waals surface area contributed by atoms with Crippen molar-refractivity contribution in [3.63, 3.8) is 0 Å². The van der Waals surface area contributed by atoms with Gasteiger partial charge in [0.1, 0.15) is 6.04 Å². The fourth-order valence-corrected chi connectivity index (χ4v) is 5.12. The highest BCUT2D eigenvalue weighted by Gasteiger charge is 2.47. The van der Waals surface area contributed by atoms with Crippen molar-refractivity contribution in [2.24, 2.45) is 0 Å². The molecular formula is C24H24BrN3O2. The zero-order valence-corrected chi connectivity index (χ0v) is 18.5. The molecule has 2 aliphatic heterocycles. The maximum atomic E-state index is 13.4. The fourth-order valence-electron chi connectivity index (χ4n) is 4.85. The minimum atomic E-state index is -0.455. The Morgan fingerprint density at radius 3 is 2.63 bits per heavy atom. The topological polar surface area (TPSA) is 56.4 Å². The third-order valence-electron chi connectivity index (χ3n) is 6.31. The number of hydrogen-bond acceptors (Lipinski definition) is 2. The summed E-state index contributed by atoms with van der Waals surface area (Å²) in [4.78, 5) is 33.9. The van der Waals surface area contributed by atoms with Gasteiger partial charge in [0.25, 0.3) is 0 Å². The number of hydrogen-bond donors (Lipinski definition) is 1. The van der Waals surface area contributed by atoms with E-state index < -0.39 is 6.04 Å². The van der Waals surface area contributed by atoms with E-state index in [0.717, 1.165) is 45.0 Å². The van der Waals surface area contributed by atoms with Crippen LogP contribution in [0, 0.1) is 0 Å². The van der Waals surface area contributed by atoms with Crippen LogP contribution in [0.1, 0.15) is 42.6 Å². The SMILES string of the molecule is CCCCN1CC(=O)N2[C@H](c3ccc(Br)cc3)c3[nH]c4ccccc4c3C[C@@H]2C1=O. The van der Waals surface area contributed by atoms with Gasteiger partial charge < -0.3 is 14.8 Å². The molecule has 2 atom stereocenters. The lowest BCUT2D eigenvalue weighted by Crippen LogP contribution is -2.63.